The lowest BCUT2D eigenvalue weighted by molar-refractivity contribution is 0.233. The van der Waals surface area contributed by atoms with Crippen LogP contribution >= 0.6 is 0 Å². The van der Waals surface area contributed by atoms with E-state index in [0.29, 0.717) is 12.2 Å². The molecule has 2 aliphatic heterocycles. The number of nitrogens with zero attached hydrogens (tertiary/aromatic N) is 1. The summed E-state index contributed by atoms with van der Waals surface area (Å²) in [5.74, 6) is 0. The minimum absolute atomic E-state index is 0.616. The van der Waals surface area contributed by atoms with E-state index in [4.69, 9.17) is 4.74 Å². The van der Waals surface area contributed by atoms with E-state index in [1.165, 1.54) is 0 Å². The van der Waals surface area contributed by atoms with Crippen molar-refractivity contribution in [2.24, 2.45) is 0 Å². The molecule has 2 aliphatic rings. The molecule has 0 bridgehead atoms. The molecule has 0 amide bonds. The van der Waals surface area contributed by atoms with Gasteiger partial charge in [0.1, 0.15) is 0 Å². The molecule has 2 atom stereocenters. The lowest BCUT2D eigenvalue weighted by atomic mass is 10.4. The first kappa shape index (κ1) is 7.03. The predicted octanol–water partition coefficient (Wildman–Crippen LogP) is 0.725. The van der Waals surface area contributed by atoms with E-state index in [0.717, 1.165) is 13.1 Å². The molecule has 2 nitrogen and oxygen atoms in total. The van der Waals surface area contributed by atoms with Crippen molar-refractivity contribution in [3.8, 4) is 0 Å². The van der Waals surface area contributed by atoms with Crippen LogP contribution in [0.25, 0.3) is 0 Å². The summed E-state index contributed by atoms with van der Waals surface area (Å²) in [7, 11) is 2.13. The molecule has 0 aromatic rings. The Morgan fingerprint density at radius 1 is 1.22 bits per heavy atom. The number of fused-ring (bicyclic) bond motifs is 1. The third-order valence-electron chi connectivity index (χ3n) is 1.67. The highest BCUT2D eigenvalue weighted by molar-refractivity contribution is 4.95. The molecule has 54 valence electrons. The highest BCUT2D eigenvalue weighted by Gasteiger charge is 2.45. The molecule has 2 heteroatoms. The number of hydrogen-bond acceptors (Lipinski definition) is 2. The van der Waals surface area contributed by atoms with Gasteiger partial charge >= 0.3 is 0 Å². The molecular weight excluding hydrogens is 114 g/mol. The third kappa shape index (κ3) is 1.43. The number of ether oxygens (including phenoxy) is 1. The molecule has 2 heterocycles. The molecule has 0 aromatic heterocycles. The fraction of sp³-hybridized carbons (Fsp3) is 1.00. The van der Waals surface area contributed by atoms with Crippen LogP contribution in [0.2, 0.25) is 0 Å². The first-order valence-electron chi connectivity index (χ1n) is 3.70. The normalized spacial score (nSPS) is 39.0. The maximum absolute atomic E-state index is 5.18. The molecule has 0 spiro atoms. The number of morpholine rings is 1. The van der Waals surface area contributed by atoms with Gasteiger partial charge in [-0.1, -0.05) is 13.8 Å². The van der Waals surface area contributed by atoms with E-state index in [-0.39, 0.29) is 0 Å². The summed E-state index contributed by atoms with van der Waals surface area (Å²) in [4.78, 5) is 2.30. The van der Waals surface area contributed by atoms with Gasteiger partial charge in [0, 0.05) is 13.1 Å². The van der Waals surface area contributed by atoms with E-state index in [9.17, 15) is 0 Å². The first-order chi connectivity index (χ1) is 4.36. The van der Waals surface area contributed by atoms with Crippen molar-refractivity contribution >= 4 is 0 Å². The van der Waals surface area contributed by atoms with Crippen LogP contribution < -0.4 is 0 Å². The Morgan fingerprint density at radius 2 is 1.67 bits per heavy atom. The molecule has 2 unspecified atom stereocenters. The first-order valence-corrected chi connectivity index (χ1v) is 3.70. The highest BCUT2D eigenvalue weighted by atomic mass is 16.6. The summed E-state index contributed by atoms with van der Waals surface area (Å²) in [6, 6.07) is 0. The van der Waals surface area contributed by atoms with Crippen molar-refractivity contribution < 1.29 is 4.74 Å². The highest BCUT2D eigenvalue weighted by Crippen LogP contribution is 2.28. The topological polar surface area (TPSA) is 15.8 Å². The van der Waals surface area contributed by atoms with Crippen LogP contribution in [0.4, 0.5) is 0 Å². The number of likely N-dealkylation sites (N-methyl/N-ethyl adjacent to an activating group) is 1. The van der Waals surface area contributed by atoms with Crippen LogP contribution in [0.1, 0.15) is 13.8 Å². The largest absolute Gasteiger partial charge is 0.367 e. The summed E-state index contributed by atoms with van der Waals surface area (Å²) in [5.41, 5.74) is 0. The molecule has 0 radical (unpaired) electrons. The number of hydrogen-bond donors (Lipinski definition) is 0. The van der Waals surface area contributed by atoms with Crippen molar-refractivity contribution in [1.82, 2.24) is 4.90 Å². The Hall–Kier alpha value is -0.0800. The maximum atomic E-state index is 5.18. The summed E-state index contributed by atoms with van der Waals surface area (Å²) < 4.78 is 5.18. The molecular formula is C7H15NO. The summed E-state index contributed by atoms with van der Waals surface area (Å²) in [5, 5.41) is 0. The van der Waals surface area contributed by atoms with Gasteiger partial charge in [0.05, 0.1) is 12.2 Å². The summed E-state index contributed by atoms with van der Waals surface area (Å²) in [6.45, 7) is 6.31. The summed E-state index contributed by atoms with van der Waals surface area (Å²) >= 11 is 0. The Balaban J connectivity index is 0.000000186. The number of epoxide rings is 1. The van der Waals surface area contributed by atoms with Crippen LogP contribution in [0.15, 0.2) is 0 Å². The molecule has 2 fully saturated rings. The van der Waals surface area contributed by atoms with Gasteiger partial charge in [0.25, 0.3) is 0 Å². The average molecular weight is 129 g/mol. The zero-order valence-electron chi connectivity index (χ0n) is 6.42. The van der Waals surface area contributed by atoms with E-state index >= 15 is 0 Å². The lowest BCUT2D eigenvalue weighted by Gasteiger charge is -2.06. The number of likely N-dealkylation sites (tertiary alicyclic amines) is 1. The second-order valence-electron chi connectivity index (χ2n) is 2.43. The van der Waals surface area contributed by atoms with Gasteiger partial charge < -0.3 is 9.64 Å². The van der Waals surface area contributed by atoms with Crippen LogP contribution in [0, 0.1) is 0 Å². The van der Waals surface area contributed by atoms with Gasteiger partial charge in [0.2, 0.25) is 0 Å². The standard InChI is InChI=1S/C5H9NO.C2H6/c1-6-2-4-5(3-6)7-4;1-2/h4-5H,2-3H2,1H3;1-2H3. The quantitative estimate of drug-likeness (QED) is 0.448. The van der Waals surface area contributed by atoms with Crippen molar-refractivity contribution in [3.63, 3.8) is 0 Å². The van der Waals surface area contributed by atoms with Gasteiger partial charge in [-0.25, -0.2) is 0 Å². The van der Waals surface area contributed by atoms with Gasteiger partial charge in [-0.05, 0) is 7.05 Å². The molecule has 0 saturated carbocycles. The zero-order valence-corrected chi connectivity index (χ0v) is 6.42. The van der Waals surface area contributed by atoms with Crippen molar-refractivity contribution in [1.29, 1.82) is 0 Å². The molecule has 2 saturated heterocycles. The predicted molar refractivity (Wildman–Crippen MR) is 37.5 cm³/mol. The van der Waals surface area contributed by atoms with E-state index in [1.54, 1.807) is 0 Å². The Morgan fingerprint density at radius 3 is 1.89 bits per heavy atom. The molecule has 0 aromatic carbocycles. The van der Waals surface area contributed by atoms with Crippen molar-refractivity contribution in [3.05, 3.63) is 0 Å². The third-order valence-corrected chi connectivity index (χ3v) is 1.67. The van der Waals surface area contributed by atoms with Gasteiger partial charge in [-0.15, -0.1) is 0 Å². The fourth-order valence-corrected chi connectivity index (χ4v) is 1.19. The smallest absolute Gasteiger partial charge is 0.0981 e. The van der Waals surface area contributed by atoms with Crippen LogP contribution in [-0.2, 0) is 4.74 Å². The van der Waals surface area contributed by atoms with Gasteiger partial charge in [-0.2, -0.15) is 0 Å². The molecule has 0 N–H and O–H groups in total. The molecule has 9 heavy (non-hydrogen) atoms. The maximum Gasteiger partial charge on any atom is 0.0981 e. The van der Waals surface area contributed by atoms with Crippen molar-refractivity contribution in [2.45, 2.75) is 26.1 Å². The van der Waals surface area contributed by atoms with Crippen LogP contribution in [0.3, 0.4) is 0 Å². The fourth-order valence-electron chi connectivity index (χ4n) is 1.19. The second kappa shape index (κ2) is 2.67. The second-order valence-corrected chi connectivity index (χ2v) is 2.43. The van der Waals surface area contributed by atoms with Gasteiger partial charge in [-0.3, -0.25) is 0 Å². The molecule has 0 aliphatic carbocycles. The minimum Gasteiger partial charge on any atom is -0.367 e. The minimum atomic E-state index is 0.616. The average Bonchev–Trinajstić information content (AvgIpc) is 2.46. The van der Waals surface area contributed by atoms with E-state index < -0.39 is 0 Å². The summed E-state index contributed by atoms with van der Waals surface area (Å²) in [6.07, 6.45) is 1.23. The van der Waals surface area contributed by atoms with E-state index in [1.807, 2.05) is 13.8 Å². The lowest BCUT2D eigenvalue weighted by Crippen LogP contribution is -2.18. The van der Waals surface area contributed by atoms with Gasteiger partial charge in [0.15, 0.2) is 0 Å². The van der Waals surface area contributed by atoms with Crippen molar-refractivity contribution in [2.75, 3.05) is 20.1 Å². The molecule has 2 rings (SSSR count). The Labute approximate surface area is 56.8 Å². The zero-order chi connectivity index (χ0) is 6.85. The van der Waals surface area contributed by atoms with Crippen LogP contribution in [-0.4, -0.2) is 37.2 Å². The SMILES string of the molecule is CC.CN1CC2OC2C1. The van der Waals surface area contributed by atoms with E-state index in [2.05, 4.69) is 11.9 Å². The van der Waals surface area contributed by atoms with Crippen LogP contribution in [0.5, 0.6) is 0 Å². The monoisotopic (exact) mass is 129 g/mol. The Bertz CT molecular complexity index is 84.9. The Kier molecular flexibility index (Phi) is 2.09. The number of rotatable bonds is 0.